The van der Waals surface area contributed by atoms with Crippen LogP contribution in [0.15, 0.2) is 54.6 Å². The first-order valence-corrected chi connectivity index (χ1v) is 11.2. The lowest BCUT2D eigenvalue weighted by molar-refractivity contribution is -0.116. The van der Waals surface area contributed by atoms with Crippen LogP contribution < -0.4 is 10.2 Å². The van der Waals surface area contributed by atoms with Gasteiger partial charge in [0, 0.05) is 12.6 Å². The number of ether oxygens (including phenoxy) is 1. The molecule has 0 aliphatic rings. The SMILES string of the molecule is CCOC(=O)c1c(Nc2c(C)cccc2C)cccc1C(=O)N(C(C)=O)c1c(C)cccc1C. The number of esters is 1. The number of hydrogen-bond acceptors (Lipinski definition) is 5. The minimum absolute atomic E-state index is 0.0903. The quantitative estimate of drug-likeness (QED) is 0.456. The third-order valence-corrected chi connectivity index (χ3v) is 5.70. The number of carbonyl (C=O) groups is 3. The first-order valence-electron chi connectivity index (χ1n) is 11.2. The zero-order valence-electron chi connectivity index (χ0n) is 20.5. The van der Waals surface area contributed by atoms with Gasteiger partial charge in [-0.2, -0.15) is 0 Å². The molecule has 0 radical (unpaired) electrons. The van der Waals surface area contributed by atoms with Gasteiger partial charge in [0.2, 0.25) is 5.91 Å². The summed E-state index contributed by atoms with van der Waals surface area (Å²) in [5.41, 5.74) is 5.53. The predicted octanol–water partition coefficient (Wildman–Crippen LogP) is 6.03. The molecule has 0 aromatic heterocycles. The Bertz CT molecular complexity index is 1220. The minimum atomic E-state index is -0.634. The second kappa shape index (κ2) is 10.3. The summed E-state index contributed by atoms with van der Waals surface area (Å²) < 4.78 is 5.32. The second-order valence-electron chi connectivity index (χ2n) is 8.24. The lowest BCUT2D eigenvalue weighted by atomic mass is 10.0. The van der Waals surface area contributed by atoms with E-state index < -0.39 is 17.8 Å². The second-order valence-corrected chi connectivity index (χ2v) is 8.24. The molecule has 2 amide bonds. The van der Waals surface area contributed by atoms with Crippen molar-refractivity contribution in [3.05, 3.63) is 88.0 Å². The summed E-state index contributed by atoms with van der Waals surface area (Å²) in [4.78, 5) is 40.8. The summed E-state index contributed by atoms with van der Waals surface area (Å²) in [7, 11) is 0. The van der Waals surface area contributed by atoms with Crippen LogP contribution in [0, 0.1) is 27.7 Å². The molecule has 0 atom stereocenters. The summed E-state index contributed by atoms with van der Waals surface area (Å²) in [6.45, 7) is 10.8. The van der Waals surface area contributed by atoms with Gasteiger partial charge in [-0.15, -0.1) is 0 Å². The van der Waals surface area contributed by atoms with Gasteiger partial charge in [-0.3, -0.25) is 9.59 Å². The number of imide groups is 1. The van der Waals surface area contributed by atoms with Crippen LogP contribution in [-0.2, 0) is 9.53 Å². The molecular formula is C28H30N2O4. The highest BCUT2D eigenvalue weighted by molar-refractivity contribution is 6.24. The lowest BCUT2D eigenvalue weighted by Gasteiger charge is -2.25. The van der Waals surface area contributed by atoms with E-state index in [0.717, 1.165) is 32.8 Å². The van der Waals surface area contributed by atoms with E-state index >= 15 is 0 Å². The van der Waals surface area contributed by atoms with Gasteiger partial charge in [0.25, 0.3) is 5.91 Å². The number of hydrogen-bond donors (Lipinski definition) is 1. The van der Waals surface area contributed by atoms with Crippen molar-refractivity contribution in [2.75, 3.05) is 16.8 Å². The van der Waals surface area contributed by atoms with E-state index in [0.29, 0.717) is 11.4 Å². The van der Waals surface area contributed by atoms with Crippen LogP contribution in [0.5, 0.6) is 0 Å². The fourth-order valence-electron chi connectivity index (χ4n) is 4.08. The van der Waals surface area contributed by atoms with E-state index in [9.17, 15) is 14.4 Å². The third-order valence-electron chi connectivity index (χ3n) is 5.70. The molecule has 1 N–H and O–H groups in total. The largest absolute Gasteiger partial charge is 0.462 e. The molecule has 0 heterocycles. The number of anilines is 3. The number of benzene rings is 3. The Hall–Kier alpha value is -3.93. The molecule has 176 valence electrons. The van der Waals surface area contributed by atoms with Crippen molar-refractivity contribution in [2.45, 2.75) is 41.5 Å². The molecule has 0 bridgehead atoms. The van der Waals surface area contributed by atoms with Gasteiger partial charge in [0.15, 0.2) is 0 Å². The summed E-state index contributed by atoms with van der Waals surface area (Å²) in [6, 6.07) is 16.4. The zero-order valence-corrected chi connectivity index (χ0v) is 20.5. The molecule has 0 aliphatic carbocycles. The molecule has 6 heteroatoms. The van der Waals surface area contributed by atoms with Crippen LogP contribution in [0.3, 0.4) is 0 Å². The number of amides is 2. The highest BCUT2D eigenvalue weighted by Gasteiger charge is 2.30. The molecule has 3 aromatic rings. The Balaban J connectivity index is 2.20. The van der Waals surface area contributed by atoms with Gasteiger partial charge in [-0.25, -0.2) is 9.69 Å². The van der Waals surface area contributed by atoms with E-state index in [1.54, 1.807) is 25.1 Å². The Kier molecular flexibility index (Phi) is 7.51. The first-order chi connectivity index (χ1) is 16.2. The summed E-state index contributed by atoms with van der Waals surface area (Å²) in [6.07, 6.45) is 0. The summed E-state index contributed by atoms with van der Waals surface area (Å²) >= 11 is 0. The molecule has 0 fully saturated rings. The molecule has 3 rings (SSSR count). The number of para-hydroxylation sites is 2. The molecule has 0 unspecified atom stereocenters. The van der Waals surface area contributed by atoms with Crippen LogP contribution >= 0.6 is 0 Å². The molecule has 3 aromatic carbocycles. The Labute approximate surface area is 200 Å². The number of carbonyl (C=O) groups excluding carboxylic acids is 3. The fourth-order valence-corrected chi connectivity index (χ4v) is 4.08. The summed E-state index contributed by atoms with van der Waals surface area (Å²) in [5.74, 6) is -1.66. The first kappa shape index (κ1) is 24.7. The van der Waals surface area contributed by atoms with E-state index in [1.165, 1.54) is 6.92 Å². The van der Waals surface area contributed by atoms with Gasteiger partial charge in [-0.1, -0.05) is 42.5 Å². The predicted molar refractivity (Wildman–Crippen MR) is 135 cm³/mol. The van der Waals surface area contributed by atoms with Gasteiger partial charge in [0.1, 0.15) is 0 Å². The van der Waals surface area contributed by atoms with E-state index in [-0.39, 0.29) is 17.7 Å². The van der Waals surface area contributed by atoms with E-state index in [1.807, 2.05) is 64.1 Å². The van der Waals surface area contributed by atoms with E-state index in [2.05, 4.69) is 5.32 Å². The van der Waals surface area contributed by atoms with Gasteiger partial charge < -0.3 is 10.1 Å². The van der Waals surface area contributed by atoms with Crippen molar-refractivity contribution < 1.29 is 19.1 Å². The number of aryl methyl sites for hydroxylation is 4. The molecule has 6 nitrogen and oxygen atoms in total. The highest BCUT2D eigenvalue weighted by atomic mass is 16.5. The van der Waals surface area contributed by atoms with Crippen molar-refractivity contribution in [3.63, 3.8) is 0 Å². The molecule has 0 spiro atoms. The lowest BCUT2D eigenvalue weighted by Crippen LogP contribution is -2.37. The number of nitrogens with zero attached hydrogens (tertiary/aromatic N) is 1. The van der Waals surface area contributed by atoms with Crippen molar-refractivity contribution in [2.24, 2.45) is 0 Å². The van der Waals surface area contributed by atoms with Gasteiger partial charge in [-0.05, 0) is 69.0 Å². The maximum absolute atomic E-state index is 13.8. The highest BCUT2D eigenvalue weighted by Crippen LogP contribution is 2.32. The van der Waals surface area contributed by atoms with Crippen molar-refractivity contribution >= 4 is 34.8 Å². The Morgan fingerprint density at radius 2 is 1.35 bits per heavy atom. The molecular weight excluding hydrogens is 428 g/mol. The third kappa shape index (κ3) is 4.86. The zero-order chi connectivity index (χ0) is 25.0. The van der Waals surface area contributed by atoms with E-state index in [4.69, 9.17) is 4.74 Å². The van der Waals surface area contributed by atoms with Gasteiger partial charge in [0.05, 0.1) is 29.1 Å². The van der Waals surface area contributed by atoms with Gasteiger partial charge >= 0.3 is 5.97 Å². The number of nitrogens with one attached hydrogen (secondary N) is 1. The minimum Gasteiger partial charge on any atom is -0.462 e. The maximum atomic E-state index is 13.8. The topological polar surface area (TPSA) is 75.7 Å². The smallest absolute Gasteiger partial charge is 0.341 e. The monoisotopic (exact) mass is 458 g/mol. The molecule has 0 aliphatic heterocycles. The van der Waals surface area contributed by atoms with Crippen molar-refractivity contribution in [3.8, 4) is 0 Å². The molecule has 0 saturated heterocycles. The average Bonchev–Trinajstić information content (AvgIpc) is 2.78. The molecule has 34 heavy (non-hydrogen) atoms. The van der Waals surface area contributed by atoms with Crippen LogP contribution in [0.25, 0.3) is 0 Å². The van der Waals surface area contributed by atoms with Crippen molar-refractivity contribution in [1.82, 2.24) is 0 Å². The number of rotatable bonds is 6. The Morgan fingerprint density at radius 1 is 0.824 bits per heavy atom. The van der Waals surface area contributed by atoms with Crippen LogP contribution in [0.2, 0.25) is 0 Å². The van der Waals surface area contributed by atoms with Crippen LogP contribution in [0.4, 0.5) is 17.1 Å². The fraction of sp³-hybridized carbons (Fsp3) is 0.250. The average molecular weight is 459 g/mol. The van der Waals surface area contributed by atoms with Crippen LogP contribution in [-0.4, -0.2) is 24.4 Å². The van der Waals surface area contributed by atoms with Crippen LogP contribution in [0.1, 0.15) is 56.8 Å². The Morgan fingerprint density at radius 3 is 1.88 bits per heavy atom. The normalized spacial score (nSPS) is 10.5. The van der Waals surface area contributed by atoms with Crippen molar-refractivity contribution in [1.29, 1.82) is 0 Å². The summed E-state index contributed by atoms with van der Waals surface area (Å²) in [5, 5.41) is 3.32. The molecule has 0 saturated carbocycles. The maximum Gasteiger partial charge on any atom is 0.341 e. The standard InChI is InChI=1S/C28H30N2O4/c1-7-34-28(33)24-22(15-10-16-23(24)29-25-17(2)11-8-12-18(25)3)27(32)30(21(6)31)26-19(4)13-9-14-20(26)5/h8-16,29H,7H2,1-6H3.